The summed E-state index contributed by atoms with van der Waals surface area (Å²) in [6, 6.07) is 8.34. The Morgan fingerprint density at radius 1 is 1.10 bits per heavy atom. The van der Waals surface area contributed by atoms with Gasteiger partial charge in [-0.3, -0.25) is 9.69 Å². The number of likely N-dealkylation sites (N-methyl/N-ethyl adjacent to an activating group) is 1. The standard InChI is InChI=1S/C23H31N3O4/c1-25-11-13-26(14-12-25)23(9-3-2-4-10-23)17-24-21(27)16-29-19-7-5-18-6-8-22(28)30-20(18)15-19/h5-8,15H,2-4,9-14,16-17H2,1H3,(H,24,27). The summed E-state index contributed by atoms with van der Waals surface area (Å²) in [7, 11) is 2.17. The zero-order valence-corrected chi connectivity index (χ0v) is 17.7. The Hall–Kier alpha value is -2.38. The minimum Gasteiger partial charge on any atom is -0.484 e. The highest BCUT2D eigenvalue weighted by molar-refractivity contribution is 5.79. The number of carbonyl (C=O) groups is 1. The van der Waals surface area contributed by atoms with Crippen LogP contribution in [0.25, 0.3) is 11.0 Å². The lowest BCUT2D eigenvalue weighted by molar-refractivity contribution is -0.124. The molecule has 7 heteroatoms. The molecule has 1 aliphatic carbocycles. The first kappa shape index (κ1) is 20.9. The molecule has 0 spiro atoms. The predicted octanol–water partition coefficient (Wildman–Crippen LogP) is 2.24. The lowest BCUT2D eigenvalue weighted by Gasteiger charge is -2.49. The van der Waals surface area contributed by atoms with Crippen molar-refractivity contribution in [2.24, 2.45) is 0 Å². The second-order valence-corrected chi connectivity index (χ2v) is 8.59. The third-order valence-electron chi connectivity index (χ3n) is 6.54. The zero-order chi connectivity index (χ0) is 21.0. The molecule has 1 saturated carbocycles. The number of amides is 1. The number of nitrogens with zero attached hydrogens (tertiary/aromatic N) is 2. The molecule has 2 aliphatic rings. The van der Waals surface area contributed by atoms with E-state index in [2.05, 4.69) is 22.2 Å². The number of fused-ring (bicyclic) bond motifs is 1. The van der Waals surface area contributed by atoms with Crippen molar-refractivity contribution in [1.29, 1.82) is 0 Å². The Kier molecular flexibility index (Phi) is 6.39. The lowest BCUT2D eigenvalue weighted by Crippen LogP contribution is -2.61. The van der Waals surface area contributed by atoms with Crippen molar-refractivity contribution in [2.75, 3.05) is 46.4 Å². The quantitative estimate of drug-likeness (QED) is 0.732. The van der Waals surface area contributed by atoms with E-state index in [1.807, 2.05) is 6.07 Å². The number of hydrogen-bond donors (Lipinski definition) is 1. The molecule has 0 atom stereocenters. The van der Waals surface area contributed by atoms with E-state index in [9.17, 15) is 9.59 Å². The number of benzene rings is 1. The molecular weight excluding hydrogens is 382 g/mol. The van der Waals surface area contributed by atoms with Crippen LogP contribution in [0.1, 0.15) is 32.1 Å². The first-order valence-corrected chi connectivity index (χ1v) is 10.9. The van der Waals surface area contributed by atoms with Gasteiger partial charge in [0.25, 0.3) is 5.91 Å². The molecule has 7 nitrogen and oxygen atoms in total. The topological polar surface area (TPSA) is 75.0 Å². The SMILES string of the molecule is CN1CCN(C2(CNC(=O)COc3ccc4ccc(=O)oc4c3)CCCCC2)CC1. The summed E-state index contributed by atoms with van der Waals surface area (Å²) in [6.07, 6.45) is 6.01. The van der Waals surface area contributed by atoms with Gasteiger partial charge in [-0.25, -0.2) is 4.79 Å². The van der Waals surface area contributed by atoms with E-state index in [1.54, 1.807) is 18.2 Å². The molecule has 1 aromatic heterocycles. The van der Waals surface area contributed by atoms with Crippen molar-refractivity contribution in [3.05, 3.63) is 40.8 Å². The minimum atomic E-state index is -0.404. The molecule has 4 rings (SSSR count). The molecule has 1 aliphatic heterocycles. The second-order valence-electron chi connectivity index (χ2n) is 8.59. The molecule has 2 heterocycles. The van der Waals surface area contributed by atoms with Crippen molar-refractivity contribution < 1.29 is 13.9 Å². The van der Waals surface area contributed by atoms with Crippen molar-refractivity contribution in [3.8, 4) is 5.75 Å². The highest BCUT2D eigenvalue weighted by atomic mass is 16.5. The van der Waals surface area contributed by atoms with Crippen LogP contribution in [0, 0.1) is 0 Å². The summed E-state index contributed by atoms with van der Waals surface area (Å²) in [6.45, 7) is 4.90. The normalized spacial score (nSPS) is 20.2. The third kappa shape index (κ3) is 4.84. The highest BCUT2D eigenvalue weighted by Gasteiger charge is 2.39. The van der Waals surface area contributed by atoms with Crippen molar-refractivity contribution in [1.82, 2.24) is 15.1 Å². The molecule has 2 aromatic rings. The van der Waals surface area contributed by atoms with Crippen LogP contribution < -0.4 is 15.7 Å². The third-order valence-corrected chi connectivity index (χ3v) is 6.54. The van der Waals surface area contributed by atoms with Gasteiger partial charge in [0, 0.05) is 55.8 Å². The van der Waals surface area contributed by atoms with Gasteiger partial charge in [-0.15, -0.1) is 0 Å². The zero-order valence-electron chi connectivity index (χ0n) is 17.7. The molecule has 1 saturated heterocycles. The molecule has 162 valence electrons. The van der Waals surface area contributed by atoms with Crippen LogP contribution >= 0.6 is 0 Å². The number of ether oxygens (including phenoxy) is 1. The summed E-state index contributed by atoms with van der Waals surface area (Å²) in [5, 5.41) is 3.94. The molecule has 30 heavy (non-hydrogen) atoms. The monoisotopic (exact) mass is 413 g/mol. The van der Waals surface area contributed by atoms with Crippen LogP contribution in [0.15, 0.2) is 39.5 Å². The average molecular weight is 414 g/mol. The number of carbonyl (C=O) groups excluding carboxylic acids is 1. The van der Waals surface area contributed by atoms with Gasteiger partial charge in [0.05, 0.1) is 0 Å². The summed E-state index contributed by atoms with van der Waals surface area (Å²) in [5.41, 5.74) is 0.123. The first-order valence-electron chi connectivity index (χ1n) is 10.9. The largest absolute Gasteiger partial charge is 0.484 e. The van der Waals surface area contributed by atoms with E-state index in [-0.39, 0.29) is 18.1 Å². The molecule has 0 bridgehead atoms. The fraction of sp³-hybridized carbons (Fsp3) is 0.565. The fourth-order valence-corrected chi connectivity index (χ4v) is 4.69. The summed E-state index contributed by atoms with van der Waals surface area (Å²) in [5.74, 6) is 0.391. The Morgan fingerprint density at radius 2 is 1.83 bits per heavy atom. The van der Waals surface area contributed by atoms with Gasteiger partial charge in [-0.2, -0.15) is 0 Å². The van der Waals surface area contributed by atoms with E-state index >= 15 is 0 Å². The van der Waals surface area contributed by atoms with Crippen LogP contribution in [0.4, 0.5) is 0 Å². The minimum absolute atomic E-state index is 0.0542. The molecule has 0 unspecified atom stereocenters. The van der Waals surface area contributed by atoms with Crippen LogP contribution in [-0.4, -0.2) is 67.6 Å². The Morgan fingerprint density at radius 3 is 2.60 bits per heavy atom. The molecule has 1 N–H and O–H groups in total. The van der Waals surface area contributed by atoms with Crippen LogP contribution in [0.2, 0.25) is 0 Å². The maximum absolute atomic E-state index is 12.5. The van der Waals surface area contributed by atoms with Gasteiger partial charge in [0.15, 0.2) is 6.61 Å². The van der Waals surface area contributed by atoms with E-state index in [1.165, 1.54) is 25.3 Å². The number of hydrogen-bond acceptors (Lipinski definition) is 6. The predicted molar refractivity (Wildman–Crippen MR) is 116 cm³/mol. The number of rotatable bonds is 6. The number of piperazine rings is 1. The average Bonchev–Trinajstić information content (AvgIpc) is 2.77. The maximum atomic E-state index is 12.5. The summed E-state index contributed by atoms with van der Waals surface area (Å²) < 4.78 is 10.8. The van der Waals surface area contributed by atoms with E-state index in [4.69, 9.17) is 9.15 Å². The summed E-state index contributed by atoms with van der Waals surface area (Å²) in [4.78, 5) is 28.9. The Bertz CT molecular complexity index is 927. The van der Waals surface area contributed by atoms with Crippen LogP contribution in [-0.2, 0) is 4.79 Å². The molecule has 1 aromatic carbocycles. The molecular formula is C23H31N3O4. The van der Waals surface area contributed by atoms with E-state index < -0.39 is 5.63 Å². The van der Waals surface area contributed by atoms with E-state index in [0.29, 0.717) is 17.9 Å². The van der Waals surface area contributed by atoms with E-state index in [0.717, 1.165) is 44.4 Å². The summed E-state index contributed by atoms with van der Waals surface area (Å²) >= 11 is 0. The molecule has 2 fully saturated rings. The second kappa shape index (κ2) is 9.18. The fourth-order valence-electron chi connectivity index (χ4n) is 4.69. The van der Waals surface area contributed by atoms with Gasteiger partial charge in [0.2, 0.25) is 0 Å². The van der Waals surface area contributed by atoms with Crippen molar-refractivity contribution in [3.63, 3.8) is 0 Å². The van der Waals surface area contributed by atoms with Gasteiger partial charge in [0.1, 0.15) is 11.3 Å². The van der Waals surface area contributed by atoms with Crippen molar-refractivity contribution in [2.45, 2.75) is 37.6 Å². The maximum Gasteiger partial charge on any atom is 0.336 e. The Labute approximate surface area is 177 Å². The van der Waals surface area contributed by atoms with Gasteiger partial charge < -0.3 is 19.4 Å². The van der Waals surface area contributed by atoms with Gasteiger partial charge in [-0.1, -0.05) is 19.3 Å². The smallest absolute Gasteiger partial charge is 0.336 e. The first-order chi connectivity index (χ1) is 14.5. The van der Waals surface area contributed by atoms with Crippen LogP contribution in [0.3, 0.4) is 0 Å². The van der Waals surface area contributed by atoms with Crippen LogP contribution in [0.5, 0.6) is 5.75 Å². The van der Waals surface area contributed by atoms with Gasteiger partial charge in [-0.05, 0) is 38.1 Å². The number of nitrogens with one attached hydrogen (secondary N) is 1. The highest BCUT2D eigenvalue weighted by Crippen LogP contribution is 2.34. The van der Waals surface area contributed by atoms with Crippen molar-refractivity contribution >= 4 is 16.9 Å². The Balaban J connectivity index is 1.34. The molecule has 0 radical (unpaired) electrons. The molecule has 1 amide bonds. The van der Waals surface area contributed by atoms with Gasteiger partial charge >= 0.3 is 5.63 Å². The lowest BCUT2D eigenvalue weighted by atomic mass is 9.79.